The van der Waals surface area contributed by atoms with Gasteiger partial charge in [0.2, 0.25) is 0 Å². The van der Waals surface area contributed by atoms with Gasteiger partial charge in [0.05, 0.1) is 0 Å². The molecule has 2 aromatic carbocycles. The van der Waals surface area contributed by atoms with E-state index in [0.717, 1.165) is 6.42 Å². The Kier molecular flexibility index (Phi) is 5.22. The first-order valence-electron chi connectivity index (χ1n) is 8.51. The molecule has 2 atom stereocenters. The van der Waals surface area contributed by atoms with Gasteiger partial charge in [0.1, 0.15) is 0 Å². The molecule has 2 amide bonds. The highest BCUT2D eigenvalue weighted by molar-refractivity contribution is 5.95. The summed E-state index contributed by atoms with van der Waals surface area (Å²) in [6, 6.07) is 13.4. The van der Waals surface area contributed by atoms with Crippen LogP contribution in [-0.4, -0.2) is 23.9 Å². The fourth-order valence-electron chi connectivity index (χ4n) is 2.90. The monoisotopic (exact) mass is 350 g/mol. The molecule has 0 heterocycles. The molecule has 0 aliphatic heterocycles. The molecule has 2 aromatic rings. The Hall–Kier alpha value is -3.28. The Morgan fingerprint density at radius 1 is 0.808 bits per heavy atom. The minimum Gasteiger partial charge on any atom is -0.399 e. The van der Waals surface area contributed by atoms with E-state index in [1.807, 2.05) is 12.2 Å². The van der Waals surface area contributed by atoms with Crippen molar-refractivity contribution in [1.82, 2.24) is 10.6 Å². The summed E-state index contributed by atoms with van der Waals surface area (Å²) in [4.78, 5) is 24.7. The Morgan fingerprint density at radius 2 is 1.31 bits per heavy atom. The second kappa shape index (κ2) is 7.74. The molecular formula is C20H22N4O2. The first kappa shape index (κ1) is 17.5. The van der Waals surface area contributed by atoms with E-state index >= 15 is 0 Å². The predicted molar refractivity (Wildman–Crippen MR) is 103 cm³/mol. The molecule has 0 saturated carbocycles. The van der Waals surface area contributed by atoms with Crippen molar-refractivity contribution < 1.29 is 9.59 Å². The third kappa shape index (κ3) is 4.42. The van der Waals surface area contributed by atoms with E-state index in [4.69, 9.17) is 11.5 Å². The van der Waals surface area contributed by atoms with Crippen molar-refractivity contribution >= 4 is 23.2 Å². The average molecular weight is 350 g/mol. The number of carbonyl (C=O) groups excluding carboxylic acids is 2. The van der Waals surface area contributed by atoms with Crippen LogP contribution in [0.5, 0.6) is 0 Å². The van der Waals surface area contributed by atoms with Gasteiger partial charge in [-0.05, 0) is 61.4 Å². The van der Waals surface area contributed by atoms with Gasteiger partial charge in [-0.2, -0.15) is 0 Å². The summed E-state index contributed by atoms with van der Waals surface area (Å²) < 4.78 is 0. The summed E-state index contributed by atoms with van der Waals surface area (Å²) in [6.45, 7) is 0. The zero-order chi connectivity index (χ0) is 18.5. The van der Waals surface area contributed by atoms with Gasteiger partial charge in [0.15, 0.2) is 0 Å². The molecule has 6 nitrogen and oxygen atoms in total. The highest BCUT2D eigenvalue weighted by Crippen LogP contribution is 2.15. The lowest BCUT2D eigenvalue weighted by Crippen LogP contribution is -2.44. The molecule has 0 bridgehead atoms. The van der Waals surface area contributed by atoms with Crippen molar-refractivity contribution in [3.63, 3.8) is 0 Å². The van der Waals surface area contributed by atoms with Crippen LogP contribution in [0.3, 0.4) is 0 Å². The molecule has 6 N–H and O–H groups in total. The van der Waals surface area contributed by atoms with Crippen molar-refractivity contribution in [2.45, 2.75) is 24.9 Å². The van der Waals surface area contributed by atoms with Crippen LogP contribution in [0.2, 0.25) is 0 Å². The molecule has 26 heavy (non-hydrogen) atoms. The molecule has 3 rings (SSSR count). The zero-order valence-electron chi connectivity index (χ0n) is 14.3. The van der Waals surface area contributed by atoms with Crippen LogP contribution in [0.4, 0.5) is 11.4 Å². The normalized spacial score (nSPS) is 18.9. The Bertz CT molecular complexity index is 813. The Morgan fingerprint density at radius 3 is 1.85 bits per heavy atom. The van der Waals surface area contributed by atoms with Crippen LogP contribution in [0, 0.1) is 0 Å². The topological polar surface area (TPSA) is 110 Å². The van der Waals surface area contributed by atoms with Gasteiger partial charge in [0, 0.05) is 34.6 Å². The molecule has 1 aliphatic carbocycles. The van der Waals surface area contributed by atoms with E-state index in [1.165, 1.54) is 0 Å². The molecule has 0 fully saturated rings. The predicted octanol–water partition coefficient (Wildman–Crippen LogP) is 2.10. The van der Waals surface area contributed by atoms with Gasteiger partial charge >= 0.3 is 0 Å². The van der Waals surface area contributed by atoms with Crippen LogP contribution in [0.15, 0.2) is 60.7 Å². The van der Waals surface area contributed by atoms with Crippen molar-refractivity contribution in [2.75, 3.05) is 11.5 Å². The molecule has 0 radical (unpaired) electrons. The van der Waals surface area contributed by atoms with Gasteiger partial charge in [0.25, 0.3) is 11.8 Å². The Labute approximate surface area is 152 Å². The standard InChI is InChI=1S/C20H22N4O2/c21-15-8-4-13(5-9-15)19(25)23-17-2-1-3-18(12-17)24-20(26)14-6-10-16(22)11-7-14/h1-2,4-11,17-18H,3,12,21-22H2,(H,23,25)(H,24,26). The minimum atomic E-state index is -0.162. The Balaban J connectivity index is 1.57. The fourth-order valence-corrected chi connectivity index (χ4v) is 2.90. The first-order valence-corrected chi connectivity index (χ1v) is 8.51. The van der Waals surface area contributed by atoms with E-state index in [2.05, 4.69) is 10.6 Å². The lowest BCUT2D eigenvalue weighted by molar-refractivity contribution is 0.0926. The molecule has 0 spiro atoms. The number of nitrogen functional groups attached to an aromatic ring is 2. The van der Waals surface area contributed by atoms with Crippen LogP contribution < -0.4 is 22.1 Å². The second-order valence-corrected chi connectivity index (χ2v) is 6.39. The molecule has 1 aliphatic rings. The van der Waals surface area contributed by atoms with E-state index in [1.54, 1.807) is 48.5 Å². The van der Waals surface area contributed by atoms with Gasteiger partial charge in [-0.15, -0.1) is 0 Å². The molecule has 0 saturated heterocycles. The summed E-state index contributed by atoms with van der Waals surface area (Å²) >= 11 is 0. The lowest BCUT2D eigenvalue weighted by atomic mass is 9.96. The third-order valence-corrected chi connectivity index (χ3v) is 4.32. The van der Waals surface area contributed by atoms with Crippen LogP contribution in [0.1, 0.15) is 33.6 Å². The number of carbonyl (C=O) groups is 2. The SMILES string of the molecule is Nc1ccc(C(=O)NC2C=CCC(NC(=O)c3ccc(N)cc3)C2)cc1. The first-order chi connectivity index (χ1) is 12.5. The van der Waals surface area contributed by atoms with Crippen molar-refractivity contribution in [3.05, 3.63) is 71.8 Å². The maximum atomic E-state index is 12.3. The smallest absolute Gasteiger partial charge is 0.251 e. The van der Waals surface area contributed by atoms with Crippen molar-refractivity contribution in [3.8, 4) is 0 Å². The number of nitrogens with one attached hydrogen (secondary N) is 2. The number of nitrogens with two attached hydrogens (primary N) is 2. The fraction of sp³-hybridized carbons (Fsp3) is 0.200. The number of benzene rings is 2. The molecule has 2 unspecified atom stereocenters. The van der Waals surface area contributed by atoms with Gasteiger partial charge in [-0.1, -0.05) is 12.2 Å². The summed E-state index contributed by atoms with van der Waals surface area (Å²) in [7, 11) is 0. The van der Waals surface area contributed by atoms with E-state index in [-0.39, 0.29) is 23.9 Å². The number of hydrogen-bond donors (Lipinski definition) is 4. The number of amides is 2. The summed E-state index contributed by atoms with van der Waals surface area (Å²) in [6.07, 6.45) is 5.30. The summed E-state index contributed by atoms with van der Waals surface area (Å²) in [5.74, 6) is -0.306. The summed E-state index contributed by atoms with van der Waals surface area (Å²) in [5.41, 5.74) is 13.6. The summed E-state index contributed by atoms with van der Waals surface area (Å²) in [5, 5.41) is 5.98. The number of rotatable bonds is 4. The molecule has 0 aromatic heterocycles. The van der Waals surface area contributed by atoms with E-state index in [0.29, 0.717) is 28.9 Å². The maximum Gasteiger partial charge on any atom is 0.251 e. The quantitative estimate of drug-likeness (QED) is 0.500. The van der Waals surface area contributed by atoms with E-state index < -0.39 is 0 Å². The van der Waals surface area contributed by atoms with E-state index in [9.17, 15) is 9.59 Å². The molecular weight excluding hydrogens is 328 g/mol. The zero-order valence-corrected chi connectivity index (χ0v) is 14.3. The molecule has 6 heteroatoms. The second-order valence-electron chi connectivity index (χ2n) is 6.39. The van der Waals surface area contributed by atoms with Gasteiger partial charge in [-0.3, -0.25) is 9.59 Å². The highest BCUT2D eigenvalue weighted by Gasteiger charge is 2.21. The van der Waals surface area contributed by atoms with Gasteiger partial charge < -0.3 is 22.1 Å². The van der Waals surface area contributed by atoms with Crippen molar-refractivity contribution in [1.29, 1.82) is 0 Å². The third-order valence-electron chi connectivity index (χ3n) is 4.32. The maximum absolute atomic E-state index is 12.3. The minimum absolute atomic E-state index is 0.0400. The van der Waals surface area contributed by atoms with Gasteiger partial charge in [-0.25, -0.2) is 0 Å². The van der Waals surface area contributed by atoms with Crippen LogP contribution in [0.25, 0.3) is 0 Å². The number of anilines is 2. The number of hydrogen-bond acceptors (Lipinski definition) is 4. The van der Waals surface area contributed by atoms with Crippen LogP contribution in [-0.2, 0) is 0 Å². The largest absolute Gasteiger partial charge is 0.399 e. The van der Waals surface area contributed by atoms with Crippen molar-refractivity contribution in [2.24, 2.45) is 0 Å². The van der Waals surface area contributed by atoms with Crippen LogP contribution >= 0.6 is 0 Å². The highest BCUT2D eigenvalue weighted by atomic mass is 16.2. The average Bonchev–Trinajstić information content (AvgIpc) is 2.63. The lowest BCUT2D eigenvalue weighted by Gasteiger charge is -2.26. The molecule has 134 valence electrons.